The maximum Gasteiger partial charge on any atom is 0.245 e. The van der Waals surface area contributed by atoms with Crippen molar-refractivity contribution in [2.75, 3.05) is 19.6 Å². The van der Waals surface area contributed by atoms with Gasteiger partial charge in [0, 0.05) is 56.4 Å². The van der Waals surface area contributed by atoms with E-state index >= 15 is 0 Å². The molecule has 1 fully saturated rings. The van der Waals surface area contributed by atoms with Crippen LogP contribution in [0, 0.1) is 0 Å². The molecule has 20 nitrogen and oxygen atoms in total. The average Bonchev–Trinajstić information content (AvgIpc) is 3.97. The third kappa shape index (κ3) is 15.2. The zero-order valence-corrected chi connectivity index (χ0v) is 37.6. The number of primary amides is 1. The Hall–Kier alpha value is -7.77. The number of carbonyl (C=O) groups excluding carboxylic acids is 8. The summed E-state index contributed by atoms with van der Waals surface area (Å²) in [7, 11) is 0. The van der Waals surface area contributed by atoms with Gasteiger partial charge >= 0.3 is 0 Å². The molecule has 6 atom stereocenters. The fourth-order valence-electron chi connectivity index (χ4n) is 7.82. The third-order valence-corrected chi connectivity index (χ3v) is 11.3. The lowest BCUT2D eigenvalue weighted by Gasteiger charge is -2.29. The molecule has 356 valence electrons. The van der Waals surface area contributed by atoms with Crippen LogP contribution in [0.25, 0.3) is 10.9 Å². The van der Waals surface area contributed by atoms with Crippen LogP contribution in [-0.2, 0) is 57.6 Å². The number of carbonyl (C=O) groups is 8. The smallest absolute Gasteiger partial charge is 0.245 e. The standard InChI is InChI=1S/C47H60N12O8/c1-28(41(48)62)54-45(66)39-20-12-22-59(39)46(67)35(19-11-21-51-47(49)50)56-40(61)27-53-42(63)36(23-30-13-5-3-6-14-30)57-43(64)37(24-31-15-7-4-8-16-31)58-44(65)38(55-29(2)60)25-32-26-52-34-18-10-9-17-33(32)34/h3-10,13-18,26,28,35-39,52H,11-12,19-25,27H2,1-2H3,(H2,48,62)(H,53,63)(H,54,66)(H,55,60)(H,56,61)(H,57,64)(H,58,65)(H4,49,50,51)/t28-,35+,36-,37-,38-,39+/m1/s1. The van der Waals surface area contributed by atoms with E-state index in [1.54, 1.807) is 60.8 Å². The number of fused-ring (bicyclic) bond motifs is 1. The van der Waals surface area contributed by atoms with Crippen LogP contribution >= 0.6 is 0 Å². The number of aliphatic imine (C=N–C) groups is 1. The van der Waals surface area contributed by atoms with Crippen molar-refractivity contribution in [3.05, 3.63) is 108 Å². The van der Waals surface area contributed by atoms with Gasteiger partial charge in [0.05, 0.1) is 6.54 Å². The molecule has 8 amide bonds. The van der Waals surface area contributed by atoms with Gasteiger partial charge in [0.1, 0.15) is 36.3 Å². The lowest BCUT2D eigenvalue weighted by atomic mass is 10.0. The molecule has 0 saturated carbocycles. The highest BCUT2D eigenvalue weighted by molar-refractivity contribution is 5.97. The Balaban J connectivity index is 1.32. The highest BCUT2D eigenvalue weighted by atomic mass is 16.2. The van der Waals surface area contributed by atoms with Crippen molar-refractivity contribution in [2.24, 2.45) is 22.2 Å². The normalized spacial score (nSPS) is 15.4. The second-order valence-electron chi connectivity index (χ2n) is 16.4. The number of H-pyrrole nitrogens is 1. The number of aromatic amines is 1. The van der Waals surface area contributed by atoms with Crippen molar-refractivity contribution in [3.63, 3.8) is 0 Å². The van der Waals surface area contributed by atoms with Crippen LogP contribution < -0.4 is 49.1 Å². The molecule has 13 N–H and O–H groups in total. The first-order valence-electron chi connectivity index (χ1n) is 22.1. The molecule has 0 spiro atoms. The maximum atomic E-state index is 14.3. The van der Waals surface area contributed by atoms with Crippen molar-refractivity contribution in [2.45, 2.75) is 95.0 Å². The Morgan fingerprint density at radius 2 is 1.30 bits per heavy atom. The van der Waals surface area contributed by atoms with Gasteiger partial charge in [0.2, 0.25) is 47.3 Å². The third-order valence-electron chi connectivity index (χ3n) is 11.3. The minimum absolute atomic E-state index is 0.000196. The molecule has 1 aliphatic heterocycles. The molecule has 1 aromatic heterocycles. The Kier molecular flexibility index (Phi) is 18.4. The molecule has 0 radical (unpaired) electrons. The molecule has 67 heavy (non-hydrogen) atoms. The van der Waals surface area contributed by atoms with E-state index in [2.05, 4.69) is 41.9 Å². The van der Waals surface area contributed by atoms with Gasteiger partial charge in [0.15, 0.2) is 5.96 Å². The highest BCUT2D eigenvalue weighted by Gasteiger charge is 2.38. The molecule has 0 aliphatic carbocycles. The van der Waals surface area contributed by atoms with Crippen molar-refractivity contribution >= 4 is 64.1 Å². The zero-order valence-electron chi connectivity index (χ0n) is 37.6. The number of para-hydroxylation sites is 1. The summed E-state index contributed by atoms with van der Waals surface area (Å²) < 4.78 is 0. The first-order chi connectivity index (χ1) is 32.1. The van der Waals surface area contributed by atoms with E-state index in [9.17, 15) is 38.4 Å². The van der Waals surface area contributed by atoms with Crippen molar-refractivity contribution in [1.29, 1.82) is 0 Å². The van der Waals surface area contributed by atoms with Crippen LogP contribution in [0.2, 0.25) is 0 Å². The SMILES string of the molecule is CC(=O)N[C@H](Cc1c[nH]c2ccccc12)C(=O)N[C@H](Cc1ccccc1)C(=O)N[C@H](Cc1ccccc1)C(=O)NCC(=O)N[C@@H](CCCN=C(N)N)C(=O)N1CCC[C@H]1C(=O)N[C@H](C)C(N)=O. The monoisotopic (exact) mass is 920 g/mol. The van der Waals surface area contributed by atoms with Crippen molar-refractivity contribution < 1.29 is 38.4 Å². The number of hydrogen-bond acceptors (Lipinski definition) is 9. The number of guanidine groups is 1. The minimum Gasteiger partial charge on any atom is -0.370 e. The van der Waals surface area contributed by atoms with Gasteiger partial charge in [-0.2, -0.15) is 0 Å². The van der Waals surface area contributed by atoms with Gasteiger partial charge in [-0.25, -0.2) is 0 Å². The van der Waals surface area contributed by atoms with Crippen molar-refractivity contribution in [3.8, 4) is 0 Å². The molecule has 1 saturated heterocycles. The van der Waals surface area contributed by atoms with E-state index in [1.165, 1.54) is 18.7 Å². The summed E-state index contributed by atoms with van der Waals surface area (Å²) >= 11 is 0. The van der Waals surface area contributed by atoms with Crippen molar-refractivity contribution in [1.82, 2.24) is 41.8 Å². The van der Waals surface area contributed by atoms with Crippen LogP contribution in [0.3, 0.4) is 0 Å². The number of aromatic nitrogens is 1. The van der Waals surface area contributed by atoms with Crippen LogP contribution in [0.15, 0.2) is 96.1 Å². The Labute approximate surface area is 388 Å². The van der Waals surface area contributed by atoms with E-state index in [-0.39, 0.29) is 51.2 Å². The summed E-state index contributed by atoms with van der Waals surface area (Å²) in [6.45, 7) is 2.48. The Bertz CT molecular complexity index is 2410. The summed E-state index contributed by atoms with van der Waals surface area (Å²) in [6, 6.07) is 18.8. The number of nitrogens with zero attached hydrogens (tertiary/aromatic N) is 2. The molecule has 2 heterocycles. The number of nitrogens with two attached hydrogens (primary N) is 3. The minimum atomic E-state index is -1.25. The molecule has 5 rings (SSSR count). The molecule has 20 heteroatoms. The van der Waals surface area contributed by atoms with Crippen LogP contribution in [0.1, 0.15) is 56.2 Å². The molecular formula is C47H60N12O8. The second-order valence-corrected chi connectivity index (χ2v) is 16.4. The number of benzene rings is 3. The van der Waals surface area contributed by atoms with Crippen LogP contribution in [-0.4, -0.2) is 119 Å². The van der Waals surface area contributed by atoms with E-state index in [4.69, 9.17) is 17.2 Å². The van der Waals surface area contributed by atoms with Crippen LogP contribution in [0.5, 0.6) is 0 Å². The molecule has 3 aromatic carbocycles. The number of rotatable bonds is 23. The summed E-state index contributed by atoms with van der Waals surface area (Å²) in [5.41, 5.74) is 19.3. The van der Waals surface area contributed by atoms with E-state index in [1.807, 2.05) is 30.3 Å². The zero-order chi connectivity index (χ0) is 48.5. The van der Waals surface area contributed by atoms with Gasteiger partial charge in [-0.1, -0.05) is 78.9 Å². The topological polar surface area (TPSA) is 318 Å². The fraction of sp³-hybridized carbons (Fsp3) is 0.383. The van der Waals surface area contributed by atoms with Gasteiger partial charge in [-0.3, -0.25) is 43.3 Å². The van der Waals surface area contributed by atoms with Gasteiger partial charge < -0.3 is 59.0 Å². The summed E-state index contributed by atoms with van der Waals surface area (Å²) in [5.74, 6) is -5.28. The largest absolute Gasteiger partial charge is 0.370 e. The summed E-state index contributed by atoms with van der Waals surface area (Å²) in [6.07, 6.45) is 3.06. The summed E-state index contributed by atoms with van der Waals surface area (Å²) in [4.78, 5) is 116. The first kappa shape index (κ1) is 50.2. The first-order valence-corrected chi connectivity index (χ1v) is 22.1. The predicted molar refractivity (Wildman–Crippen MR) is 250 cm³/mol. The lowest BCUT2D eigenvalue weighted by molar-refractivity contribution is -0.142. The van der Waals surface area contributed by atoms with E-state index in [0.717, 1.165) is 16.5 Å². The molecule has 1 aliphatic rings. The quantitative estimate of drug-likeness (QED) is 0.0254. The van der Waals surface area contributed by atoms with Gasteiger partial charge in [-0.15, -0.1) is 0 Å². The lowest BCUT2D eigenvalue weighted by Crippen LogP contribution is -2.58. The summed E-state index contributed by atoms with van der Waals surface area (Å²) in [5, 5.41) is 17.0. The van der Waals surface area contributed by atoms with Gasteiger partial charge in [0.25, 0.3) is 0 Å². The number of nitrogens with one attached hydrogen (secondary N) is 7. The van der Waals surface area contributed by atoms with Gasteiger partial charge in [-0.05, 0) is 55.4 Å². The second kappa shape index (κ2) is 24.5. The molecule has 0 bridgehead atoms. The number of hydrogen-bond donors (Lipinski definition) is 10. The Morgan fingerprint density at radius 3 is 1.90 bits per heavy atom. The van der Waals surface area contributed by atoms with E-state index in [0.29, 0.717) is 24.0 Å². The molecule has 0 unspecified atom stereocenters. The fourth-order valence-corrected chi connectivity index (χ4v) is 7.82. The molecular weight excluding hydrogens is 861 g/mol. The number of amides is 8. The maximum absolute atomic E-state index is 14.3. The Morgan fingerprint density at radius 1 is 0.716 bits per heavy atom. The highest BCUT2D eigenvalue weighted by Crippen LogP contribution is 2.21. The average molecular weight is 921 g/mol. The van der Waals surface area contributed by atoms with E-state index < -0.39 is 90.1 Å². The molecule has 4 aromatic rings. The van der Waals surface area contributed by atoms with Crippen LogP contribution in [0.4, 0.5) is 0 Å². The predicted octanol–water partition coefficient (Wildman–Crippen LogP) is -0.694. The number of likely N-dealkylation sites (tertiary alicyclic amines) is 1.